The van der Waals surface area contributed by atoms with E-state index in [9.17, 15) is 9.59 Å². The first-order valence-electron chi connectivity index (χ1n) is 4.29. The first kappa shape index (κ1) is 11.0. The van der Waals surface area contributed by atoms with Gasteiger partial charge in [0.15, 0.2) is 5.82 Å². The fourth-order valence-electron chi connectivity index (χ4n) is 0.845. The van der Waals surface area contributed by atoms with Gasteiger partial charge in [0.2, 0.25) is 5.91 Å². The first-order chi connectivity index (χ1) is 6.99. The van der Waals surface area contributed by atoms with Crippen LogP contribution in [-0.4, -0.2) is 23.1 Å². The Balaban J connectivity index is 2.46. The lowest BCUT2D eigenvalue weighted by Gasteiger charge is -2.09. The minimum atomic E-state index is -0.738. The summed E-state index contributed by atoms with van der Waals surface area (Å²) in [4.78, 5) is 21.9. The van der Waals surface area contributed by atoms with Crippen molar-refractivity contribution < 1.29 is 14.1 Å². The normalized spacial score (nSPS) is 11.9. The van der Waals surface area contributed by atoms with Crippen molar-refractivity contribution in [2.75, 3.05) is 5.32 Å². The summed E-state index contributed by atoms with van der Waals surface area (Å²) < 4.78 is 4.73. The van der Waals surface area contributed by atoms with Gasteiger partial charge in [-0.2, -0.15) is 0 Å². The summed E-state index contributed by atoms with van der Waals surface area (Å²) in [6, 6.07) is 0.252. The third-order valence-electron chi connectivity index (χ3n) is 1.64. The highest BCUT2D eigenvalue weighted by molar-refractivity contribution is 5.92. The van der Waals surface area contributed by atoms with E-state index in [0.29, 0.717) is 5.76 Å². The van der Waals surface area contributed by atoms with Gasteiger partial charge in [-0.05, 0) is 13.8 Å². The molecule has 7 heteroatoms. The Labute approximate surface area is 86.0 Å². The number of nitrogens with zero attached hydrogens (tertiary/aromatic N) is 1. The van der Waals surface area contributed by atoms with Crippen LogP contribution in [0.25, 0.3) is 0 Å². The molecule has 82 valence electrons. The quantitative estimate of drug-likeness (QED) is 0.653. The lowest BCUT2D eigenvalue weighted by Crippen LogP contribution is -2.44. The summed E-state index contributed by atoms with van der Waals surface area (Å²) in [5.74, 6) is 0.247. The molecule has 0 aliphatic rings. The van der Waals surface area contributed by atoms with Crippen LogP contribution in [0.2, 0.25) is 0 Å². The van der Waals surface area contributed by atoms with Crippen molar-refractivity contribution in [3.05, 3.63) is 11.8 Å². The smallest absolute Gasteiger partial charge is 0.321 e. The standard InChI is InChI=1S/C8H12N4O3/c1-4-3-6(12-15-4)11-8(14)10-5(2)7(9)13/h3,5H,1-2H3,(H2,9,13)(H2,10,11,12,14). The molecule has 0 saturated heterocycles. The van der Waals surface area contributed by atoms with Crippen molar-refractivity contribution in [2.24, 2.45) is 5.73 Å². The Kier molecular flexibility index (Phi) is 3.27. The zero-order valence-electron chi connectivity index (χ0n) is 8.40. The zero-order chi connectivity index (χ0) is 11.4. The Bertz CT molecular complexity index is 374. The van der Waals surface area contributed by atoms with Crippen LogP contribution < -0.4 is 16.4 Å². The number of primary amides is 1. The van der Waals surface area contributed by atoms with E-state index in [4.69, 9.17) is 10.3 Å². The summed E-state index contributed by atoms with van der Waals surface area (Å²) in [6.45, 7) is 3.18. The summed E-state index contributed by atoms with van der Waals surface area (Å²) >= 11 is 0. The molecular formula is C8H12N4O3. The van der Waals surface area contributed by atoms with Crippen molar-refractivity contribution in [1.82, 2.24) is 10.5 Å². The van der Waals surface area contributed by atoms with Crippen LogP contribution in [0.4, 0.5) is 10.6 Å². The van der Waals surface area contributed by atoms with Crippen LogP contribution in [-0.2, 0) is 4.79 Å². The van der Waals surface area contributed by atoms with Gasteiger partial charge in [-0.3, -0.25) is 10.1 Å². The molecule has 0 aromatic carbocycles. The maximum absolute atomic E-state index is 11.2. The van der Waals surface area contributed by atoms with Crippen LogP contribution in [0.5, 0.6) is 0 Å². The van der Waals surface area contributed by atoms with Crippen molar-refractivity contribution in [2.45, 2.75) is 19.9 Å². The number of amides is 3. The Morgan fingerprint density at radius 2 is 2.27 bits per heavy atom. The Morgan fingerprint density at radius 1 is 1.60 bits per heavy atom. The fraction of sp³-hybridized carbons (Fsp3) is 0.375. The third-order valence-corrected chi connectivity index (χ3v) is 1.64. The summed E-state index contributed by atoms with van der Waals surface area (Å²) in [5, 5.41) is 8.26. The molecule has 3 amide bonds. The van der Waals surface area contributed by atoms with Crippen LogP contribution >= 0.6 is 0 Å². The molecule has 0 spiro atoms. The molecule has 0 bridgehead atoms. The Hall–Kier alpha value is -2.05. The van der Waals surface area contributed by atoms with Crippen LogP contribution in [0.15, 0.2) is 10.6 Å². The van der Waals surface area contributed by atoms with E-state index in [-0.39, 0.29) is 5.82 Å². The van der Waals surface area contributed by atoms with E-state index in [1.54, 1.807) is 13.0 Å². The van der Waals surface area contributed by atoms with Gasteiger partial charge < -0.3 is 15.6 Å². The molecule has 0 aliphatic heterocycles. The molecule has 0 radical (unpaired) electrons. The van der Waals surface area contributed by atoms with Gasteiger partial charge in [-0.25, -0.2) is 4.79 Å². The second kappa shape index (κ2) is 4.45. The van der Waals surface area contributed by atoms with Gasteiger partial charge in [0.05, 0.1) is 0 Å². The highest BCUT2D eigenvalue weighted by Crippen LogP contribution is 2.06. The summed E-state index contributed by atoms with van der Waals surface area (Å²) in [5.41, 5.74) is 4.97. The second-order valence-electron chi connectivity index (χ2n) is 3.05. The van der Waals surface area contributed by atoms with Gasteiger partial charge in [-0.15, -0.1) is 0 Å². The lowest BCUT2D eigenvalue weighted by molar-refractivity contribution is -0.119. The molecule has 4 N–H and O–H groups in total. The number of carbonyl (C=O) groups is 2. The first-order valence-corrected chi connectivity index (χ1v) is 4.29. The molecule has 1 aromatic heterocycles. The van der Waals surface area contributed by atoms with Crippen molar-refractivity contribution in [1.29, 1.82) is 0 Å². The van der Waals surface area contributed by atoms with E-state index in [2.05, 4.69) is 15.8 Å². The molecule has 1 atom stereocenters. The molecule has 1 aromatic rings. The molecular weight excluding hydrogens is 200 g/mol. The van der Waals surface area contributed by atoms with Gasteiger partial charge in [-0.1, -0.05) is 5.16 Å². The molecule has 1 rings (SSSR count). The fourth-order valence-corrected chi connectivity index (χ4v) is 0.845. The predicted molar refractivity (Wildman–Crippen MR) is 52.1 cm³/mol. The predicted octanol–water partition coefficient (Wildman–Crippen LogP) is -0.0217. The number of urea groups is 1. The zero-order valence-corrected chi connectivity index (χ0v) is 8.40. The van der Waals surface area contributed by atoms with Crippen LogP contribution in [0, 0.1) is 6.92 Å². The molecule has 7 nitrogen and oxygen atoms in total. The topological polar surface area (TPSA) is 110 Å². The molecule has 0 fully saturated rings. The minimum absolute atomic E-state index is 0.279. The van der Waals surface area contributed by atoms with E-state index in [0.717, 1.165) is 0 Å². The number of rotatable bonds is 3. The van der Waals surface area contributed by atoms with Crippen LogP contribution in [0.3, 0.4) is 0 Å². The number of nitrogens with one attached hydrogen (secondary N) is 2. The average Bonchev–Trinajstić information content (AvgIpc) is 2.50. The highest BCUT2D eigenvalue weighted by Gasteiger charge is 2.12. The van der Waals surface area contributed by atoms with Crippen LogP contribution in [0.1, 0.15) is 12.7 Å². The average molecular weight is 212 g/mol. The van der Waals surface area contributed by atoms with Gasteiger partial charge >= 0.3 is 6.03 Å². The number of aryl methyl sites for hydroxylation is 1. The van der Waals surface area contributed by atoms with E-state index >= 15 is 0 Å². The number of hydrogen-bond donors (Lipinski definition) is 3. The minimum Gasteiger partial charge on any atom is -0.368 e. The van der Waals surface area contributed by atoms with E-state index in [1.807, 2.05) is 0 Å². The van der Waals surface area contributed by atoms with Gasteiger partial charge in [0.25, 0.3) is 0 Å². The molecule has 0 aliphatic carbocycles. The van der Waals surface area contributed by atoms with E-state index < -0.39 is 18.0 Å². The molecule has 1 heterocycles. The lowest BCUT2D eigenvalue weighted by atomic mass is 10.3. The number of anilines is 1. The molecule has 0 saturated carbocycles. The number of aromatic nitrogens is 1. The molecule has 15 heavy (non-hydrogen) atoms. The van der Waals surface area contributed by atoms with Crippen molar-refractivity contribution >= 4 is 17.8 Å². The largest absolute Gasteiger partial charge is 0.368 e. The van der Waals surface area contributed by atoms with Gasteiger partial charge in [0, 0.05) is 6.07 Å². The highest BCUT2D eigenvalue weighted by atomic mass is 16.5. The summed E-state index contributed by atoms with van der Waals surface area (Å²) in [6.07, 6.45) is 0. The van der Waals surface area contributed by atoms with Crippen molar-refractivity contribution in [3.8, 4) is 0 Å². The second-order valence-corrected chi connectivity index (χ2v) is 3.05. The summed E-state index contributed by atoms with van der Waals surface area (Å²) in [7, 11) is 0. The number of carbonyl (C=O) groups excluding carboxylic acids is 2. The van der Waals surface area contributed by atoms with Gasteiger partial charge in [0.1, 0.15) is 11.8 Å². The number of nitrogens with two attached hydrogens (primary N) is 1. The number of hydrogen-bond acceptors (Lipinski definition) is 4. The SMILES string of the molecule is Cc1cc(NC(=O)NC(C)C(N)=O)no1. The Morgan fingerprint density at radius 3 is 2.73 bits per heavy atom. The molecule has 1 unspecified atom stereocenters. The van der Waals surface area contributed by atoms with E-state index in [1.165, 1.54) is 6.92 Å². The van der Waals surface area contributed by atoms with Crippen molar-refractivity contribution in [3.63, 3.8) is 0 Å². The maximum Gasteiger partial charge on any atom is 0.321 e. The monoisotopic (exact) mass is 212 g/mol. The maximum atomic E-state index is 11.2. The third kappa shape index (κ3) is 3.29.